The molecule has 0 bridgehead atoms. The third kappa shape index (κ3) is 32.2. The second-order valence-electron chi connectivity index (χ2n) is 12.9. The lowest BCUT2D eigenvalue weighted by molar-refractivity contribution is -0.870. The minimum absolute atomic E-state index is 0.0383. The van der Waals surface area contributed by atoms with E-state index in [4.69, 9.17) is 18.5 Å². The zero-order valence-electron chi connectivity index (χ0n) is 29.8. The van der Waals surface area contributed by atoms with Crippen molar-refractivity contribution in [3.8, 4) is 0 Å². The lowest BCUT2D eigenvalue weighted by atomic mass is 10.1. The summed E-state index contributed by atoms with van der Waals surface area (Å²) in [5.41, 5.74) is 0. The van der Waals surface area contributed by atoms with Crippen LogP contribution in [-0.2, 0) is 32.7 Å². The molecule has 0 amide bonds. The van der Waals surface area contributed by atoms with E-state index in [1.165, 1.54) is 38.5 Å². The van der Waals surface area contributed by atoms with Gasteiger partial charge in [-0.2, -0.15) is 0 Å². The summed E-state index contributed by atoms with van der Waals surface area (Å²) in [5.74, 6) is -0.891. The first-order chi connectivity index (χ1) is 22.0. The molecule has 0 aromatic carbocycles. The van der Waals surface area contributed by atoms with Crippen molar-refractivity contribution < 1.29 is 42.1 Å². The molecule has 0 aliphatic carbocycles. The number of esters is 2. The maximum Gasteiger partial charge on any atom is 0.306 e. The Morgan fingerprint density at radius 3 is 1.78 bits per heavy atom. The van der Waals surface area contributed by atoms with Crippen molar-refractivity contribution >= 4 is 19.8 Å². The summed E-state index contributed by atoms with van der Waals surface area (Å²) < 4.78 is 33.5. The number of hydrogen-bond donors (Lipinski definition) is 0. The number of phosphoric ester groups is 1. The standard InChI is InChI=1S/C36H66NO8P/c1-6-8-10-12-14-15-16-17-18-19-20-21-23-25-27-29-36(39)45-34(33-44-46(40,41)43-31-30-37(3,4)5)32-42-35(38)28-26-24-22-13-11-9-7-2/h14-15,17-18,20-21,34H,6-13,16,19,22-33H2,1-5H3/b15-14+,18-17+,21-20+/t34-/m1/s1. The van der Waals surface area contributed by atoms with Crippen LogP contribution < -0.4 is 4.89 Å². The maximum absolute atomic E-state index is 12.5. The highest BCUT2D eigenvalue weighted by Crippen LogP contribution is 2.38. The second-order valence-corrected chi connectivity index (χ2v) is 14.3. The molecule has 0 aliphatic heterocycles. The number of carbonyl (C=O) groups is 2. The van der Waals surface area contributed by atoms with Crippen LogP contribution in [0.25, 0.3) is 0 Å². The lowest BCUT2D eigenvalue weighted by Crippen LogP contribution is -2.37. The first-order valence-electron chi connectivity index (χ1n) is 17.7. The number of rotatable bonds is 31. The highest BCUT2D eigenvalue weighted by molar-refractivity contribution is 7.45. The van der Waals surface area contributed by atoms with Crippen LogP contribution in [0.4, 0.5) is 0 Å². The van der Waals surface area contributed by atoms with Gasteiger partial charge in [0.05, 0.1) is 27.7 Å². The zero-order chi connectivity index (χ0) is 34.4. The first-order valence-corrected chi connectivity index (χ1v) is 19.2. The van der Waals surface area contributed by atoms with Crippen LogP contribution >= 0.6 is 7.82 Å². The van der Waals surface area contributed by atoms with Gasteiger partial charge in [0, 0.05) is 12.8 Å². The van der Waals surface area contributed by atoms with Crippen molar-refractivity contribution in [2.75, 3.05) is 47.5 Å². The van der Waals surface area contributed by atoms with E-state index < -0.39 is 32.5 Å². The average Bonchev–Trinajstić information content (AvgIpc) is 2.99. The molecule has 1 unspecified atom stereocenters. The van der Waals surface area contributed by atoms with Gasteiger partial charge >= 0.3 is 11.9 Å². The van der Waals surface area contributed by atoms with Gasteiger partial charge in [0.15, 0.2) is 6.10 Å². The van der Waals surface area contributed by atoms with Crippen LogP contribution in [0.3, 0.4) is 0 Å². The van der Waals surface area contributed by atoms with Crippen molar-refractivity contribution in [2.24, 2.45) is 0 Å². The van der Waals surface area contributed by atoms with E-state index in [2.05, 4.69) is 50.3 Å². The molecule has 0 heterocycles. The molecule has 0 aromatic rings. The average molecular weight is 672 g/mol. The van der Waals surface area contributed by atoms with Crippen LogP contribution in [0.2, 0.25) is 0 Å². The number of nitrogens with zero attached hydrogens (tertiary/aromatic N) is 1. The fraction of sp³-hybridized carbons (Fsp3) is 0.778. The Morgan fingerprint density at radius 1 is 0.674 bits per heavy atom. The van der Waals surface area contributed by atoms with Gasteiger partial charge in [-0.25, -0.2) is 0 Å². The molecule has 2 atom stereocenters. The summed E-state index contributed by atoms with van der Waals surface area (Å²) in [5, 5.41) is 0. The minimum atomic E-state index is -4.62. The van der Waals surface area contributed by atoms with Crippen molar-refractivity contribution in [2.45, 2.75) is 136 Å². The molecule has 0 radical (unpaired) electrons. The Kier molecular flexibility index (Phi) is 28.2. The largest absolute Gasteiger partial charge is 0.756 e. The number of allylic oxidation sites excluding steroid dienone is 6. The van der Waals surface area contributed by atoms with E-state index in [1.807, 2.05) is 21.1 Å². The topological polar surface area (TPSA) is 111 Å². The summed E-state index contributed by atoms with van der Waals surface area (Å²) in [7, 11) is 1.13. The van der Waals surface area contributed by atoms with Crippen molar-refractivity contribution in [1.82, 2.24) is 0 Å². The van der Waals surface area contributed by atoms with Gasteiger partial charge in [0.1, 0.15) is 19.8 Å². The molecule has 0 rings (SSSR count). The highest BCUT2D eigenvalue weighted by Gasteiger charge is 2.21. The van der Waals surface area contributed by atoms with E-state index in [1.54, 1.807) is 0 Å². The van der Waals surface area contributed by atoms with Gasteiger partial charge in [-0.15, -0.1) is 0 Å². The highest BCUT2D eigenvalue weighted by atomic mass is 31.2. The molecule has 0 fully saturated rings. The predicted octanol–water partition coefficient (Wildman–Crippen LogP) is 8.38. The fourth-order valence-corrected chi connectivity index (χ4v) is 5.03. The number of ether oxygens (including phenoxy) is 2. The predicted molar refractivity (Wildman–Crippen MR) is 185 cm³/mol. The lowest BCUT2D eigenvalue weighted by Gasteiger charge is -2.28. The monoisotopic (exact) mass is 671 g/mol. The van der Waals surface area contributed by atoms with Crippen molar-refractivity contribution in [3.63, 3.8) is 0 Å². The van der Waals surface area contributed by atoms with Gasteiger partial charge in [-0.05, 0) is 51.4 Å². The molecule has 0 saturated carbocycles. The number of quaternary nitrogens is 1. The fourth-order valence-electron chi connectivity index (χ4n) is 4.31. The summed E-state index contributed by atoms with van der Waals surface area (Å²) >= 11 is 0. The van der Waals surface area contributed by atoms with E-state index in [0.717, 1.165) is 57.8 Å². The minimum Gasteiger partial charge on any atom is -0.756 e. The van der Waals surface area contributed by atoms with Crippen LogP contribution in [0.5, 0.6) is 0 Å². The molecule has 0 spiro atoms. The number of phosphoric acid groups is 1. The van der Waals surface area contributed by atoms with Crippen LogP contribution in [0.1, 0.15) is 129 Å². The van der Waals surface area contributed by atoms with E-state index in [0.29, 0.717) is 17.4 Å². The summed E-state index contributed by atoms with van der Waals surface area (Å²) in [4.78, 5) is 37.1. The quantitative estimate of drug-likeness (QED) is 0.0238. The van der Waals surface area contributed by atoms with Gasteiger partial charge in [0.2, 0.25) is 0 Å². The van der Waals surface area contributed by atoms with Gasteiger partial charge in [0.25, 0.3) is 7.82 Å². The van der Waals surface area contributed by atoms with Crippen LogP contribution in [0, 0.1) is 0 Å². The number of hydrogen-bond acceptors (Lipinski definition) is 8. The number of carbonyl (C=O) groups excluding carboxylic acids is 2. The van der Waals surface area contributed by atoms with E-state index in [-0.39, 0.29) is 26.1 Å². The van der Waals surface area contributed by atoms with Crippen molar-refractivity contribution in [1.29, 1.82) is 0 Å². The Balaban J connectivity index is 4.53. The summed E-state index contributed by atoms with van der Waals surface area (Å²) in [6.07, 6.45) is 29.1. The number of unbranched alkanes of at least 4 members (excludes halogenated alkanes) is 11. The molecule has 0 aliphatic rings. The maximum atomic E-state index is 12.5. The molecule has 10 heteroatoms. The molecule has 46 heavy (non-hydrogen) atoms. The summed E-state index contributed by atoms with van der Waals surface area (Å²) in [6.45, 7) is 4.07. The third-order valence-corrected chi connectivity index (χ3v) is 8.13. The molecule has 0 N–H and O–H groups in total. The van der Waals surface area contributed by atoms with Crippen LogP contribution in [0.15, 0.2) is 36.5 Å². The number of likely N-dealkylation sites (N-methyl/N-ethyl adjacent to an activating group) is 1. The van der Waals surface area contributed by atoms with Gasteiger partial charge in [-0.1, -0.05) is 102 Å². The van der Waals surface area contributed by atoms with Crippen LogP contribution in [-0.4, -0.2) is 70.0 Å². The van der Waals surface area contributed by atoms with Gasteiger partial charge in [-0.3, -0.25) is 14.2 Å². The SMILES string of the molecule is CCCCC/C=C/C/C=C/C/C=C/CCCCC(=O)O[C@H](COC(=O)CCCCCCCCC)COP(=O)([O-])OCC[N+](C)(C)C. The summed E-state index contributed by atoms with van der Waals surface area (Å²) in [6, 6.07) is 0. The molecule has 0 saturated heterocycles. The Bertz CT molecular complexity index is 897. The normalized spacial score (nSPS) is 14.3. The Labute approximate surface area is 281 Å². The zero-order valence-corrected chi connectivity index (χ0v) is 30.7. The molecule has 9 nitrogen and oxygen atoms in total. The van der Waals surface area contributed by atoms with Crippen molar-refractivity contribution in [3.05, 3.63) is 36.5 Å². The third-order valence-electron chi connectivity index (χ3n) is 7.16. The van der Waals surface area contributed by atoms with E-state index in [9.17, 15) is 19.0 Å². The molecular weight excluding hydrogens is 605 g/mol. The molecule has 268 valence electrons. The molecular formula is C36H66NO8P. The first kappa shape index (κ1) is 44.2. The van der Waals surface area contributed by atoms with E-state index >= 15 is 0 Å². The Morgan fingerprint density at radius 2 is 1.17 bits per heavy atom. The smallest absolute Gasteiger partial charge is 0.306 e. The van der Waals surface area contributed by atoms with Gasteiger partial charge < -0.3 is 27.9 Å². The molecule has 0 aromatic heterocycles. The Hall–Kier alpha value is -1.77. The second kappa shape index (κ2) is 29.4.